The number of carbonyl (C=O) groups is 1. The molecule has 1 aliphatic rings. The second-order valence-electron chi connectivity index (χ2n) is 5.56. The zero-order valence-electron chi connectivity index (χ0n) is 11.9. The van der Waals surface area contributed by atoms with Crippen molar-refractivity contribution in [2.45, 2.75) is 38.3 Å². The van der Waals surface area contributed by atoms with E-state index in [1.54, 1.807) is 17.0 Å². The fourth-order valence-electron chi connectivity index (χ4n) is 2.79. The highest BCUT2D eigenvalue weighted by Crippen LogP contribution is 2.25. The predicted octanol–water partition coefficient (Wildman–Crippen LogP) is 2.03. The second kappa shape index (κ2) is 6.53. The van der Waals surface area contributed by atoms with Gasteiger partial charge in [0, 0.05) is 19.6 Å². The number of hydrogen-bond donors (Lipinski definition) is 1. The van der Waals surface area contributed by atoms with Crippen molar-refractivity contribution in [1.82, 2.24) is 4.90 Å². The van der Waals surface area contributed by atoms with Gasteiger partial charge >= 0.3 is 0 Å². The molecule has 2 atom stereocenters. The number of benzene rings is 1. The number of hydrogen-bond acceptors (Lipinski definition) is 3. The van der Waals surface area contributed by atoms with Crippen molar-refractivity contribution in [3.63, 3.8) is 0 Å². The molecule has 0 spiro atoms. The average Bonchev–Trinajstić information content (AvgIpc) is 2.48. The van der Waals surface area contributed by atoms with Crippen molar-refractivity contribution in [2.24, 2.45) is 11.7 Å². The van der Waals surface area contributed by atoms with E-state index in [0.29, 0.717) is 12.1 Å². The number of rotatable bonds is 3. The maximum absolute atomic E-state index is 12.4. The van der Waals surface area contributed by atoms with E-state index in [1.807, 2.05) is 19.2 Å². The van der Waals surface area contributed by atoms with E-state index in [9.17, 15) is 4.79 Å². The molecule has 1 amide bonds. The number of amides is 1. The summed E-state index contributed by atoms with van der Waals surface area (Å²) in [6.45, 7) is 0.563. The van der Waals surface area contributed by atoms with Crippen LogP contribution < -0.4 is 5.73 Å². The number of nitrogens with two attached hydrogens (primary N) is 1. The van der Waals surface area contributed by atoms with Crippen molar-refractivity contribution >= 4 is 5.91 Å². The summed E-state index contributed by atoms with van der Waals surface area (Å²) in [6.07, 6.45) is 4.07. The Bertz CT molecular complexity index is 503. The summed E-state index contributed by atoms with van der Waals surface area (Å²) in [7, 11) is 1.82. The van der Waals surface area contributed by atoms with Crippen LogP contribution in [0.1, 0.15) is 36.8 Å². The Kier molecular flexibility index (Phi) is 4.75. The van der Waals surface area contributed by atoms with Crippen LogP contribution in [0.15, 0.2) is 24.3 Å². The van der Waals surface area contributed by atoms with Crippen LogP contribution in [0.3, 0.4) is 0 Å². The van der Waals surface area contributed by atoms with Gasteiger partial charge in [0.1, 0.15) is 0 Å². The van der Waals surface area contributed by atoms with Gasteiger partial charge in [0.2, 0.25) is 5.91 Å². The third kappa shape index (κ3) is 3.37. The highest BCUT2D eigenvalue weighted by Gasteiger charge is 2.30. The molecule has 1 aromatic carbocycles. The third-order valence-corrected chi connectivity index (χ3v) is 4.02. The van der Waals surface area contributed by atoms with Crippen LogP contribution in [0, 0.1) is 17.2 Å². The second-order valence-corrected chi connectivity index (χ2v) is 5.56. The van der Waals surface area contributed by atoms with Crippen molar-refractivity contribution in [3.8, 4) is 6.07 Å². The molecule has 106 valence electrons. The lowest BCUT2D eigenvalue weighted by atomic mass is 9.84. The molecule has 0 bridgehead atoms. The van der Waals surface area contributed by atoms with Gasteiger partial charge in [-0.1, -0.05) is 25.0 Å². The molecule has 4 nitrogen and oxygen atoms in total. The molecule has 2 unspecified atom stereocenters. The van der Waals surface area contributed by atoms with Crippen molar-refractivity contribution in [2.75, 3.05) is 7.05 Å². The monoisotopic (exact) mass is 271 g/mol. The molecule has 1 aliphatic carbocycles. The Morgan fingerprint density at radius 1 is 1.35 bits per heavy atom. The first-order chi connectivity index (χ1) is 9.61. The van der Waals surface area contributed by atoms with Gasteiger partial charge in [-0.25, -0.2) is 0 Å². The lowest BCUT2D eigenvalue weighted by Gasteiger charge is -2.31. The van der Waals surface area contributed by atoms with Crippen LogP contribution in [0.5, 0.6) is 0 Å². The van der Waals surface area contributed by atoms with E-state index in [2.05, 4.69) is 6.07 Å². The minimum absolute atomic E-state index is 0.000310. The maximum Gasteiger partial charge on any atom is 0.227 e. The standard InChI is InChI=1S/C16H21N3O/c1-19(11-13-8-6-12(10-17)7-9-13)16(20)14-4-2-3-5-15(14)18/h6-9,14-15H,2-5,11,18H2,1H3. The number of carbonyl (C=O) groups excluding carboxylic acids is 1. The normalized spacial score (nSPS) is 22.1. The molecular formula is C16H21N3O. The first-order valence-electron chi connectivity index (χ1n) is 7.11. The Labute approximate surface area is 120 Å². The topological polar surface area (TPSA) is 70.1 Å². The summed E-state index contributed by atoms with van der Waals surface area (Å²) in [4.78, 5) is 14.2. The predicted molar refractivity (Wildman–Crippen MR) is 77.6 cm³/mol. The molecule has 2 N–H and O–H groups in total. The fraction of sp³-hybridized carbons (Fsp3) is 0.500. The van der Waals surface area contributed by atoms with Gasteiger partial charge in [0.15, 0.2) is 0 Å². The molecule has 1 aromatic rings. The molecule has 2 rings (SSSR count). The van der Waals surface area contributed by atoms with E-state index in [1.165, 1.54) is 0 Å². The van der Waals surface area contributed by atoms with Crippen LogP contribution in [-0.4, -0.2) is 23.9 Å². The quantitative estimate of drug-likeness (QED) is 0.914. The fourth-order valence-corrected chi connectivity index (χ4v) is 2.79. The summed E-state index contributed by atoms with van der Waals surface area (Å²) < 4.78 is 0. The molecule has 20 heavy (non-hydrogen) atoms. The zero-order valence-corrected chi connectivity index (χ0v) is 11.9. The molecule has 0 aliphatic heterocycles. The highest BCUT2D eigenvalue weighted by atomic mass is 16.2. The molecule has 0 aromatic heterocycles. The van der Waals surface area contributed by atoms with E-state index >= 15 is 0 Å². The van der Waals surface area contributed by atoms with Crippen LogP contribution in [0.2, 0.25) is 0 Å². The number of nitrogens with zero attached hydrogens (tertiary/aromatic N) is 2. The Hall–Kier alpha value is -1.86. The minimum Gasteiger partial charge on any atom is -0.341 e. The van der Waals surface area contributed by atoms with E-state index < -0.39 is 0 Å². The van der Waals surface area contributed by atoms with E-state index in [-0.39, 0.29) is 17.9 Å². The molecule has 1 saturated carbocycles. The van der Waals surface area contributed by atoms with Gasteiger partial charge in [-0.15, -0.1) is 0 Å². The average molecular weight is 271 g/mol. The molecule has 0 radical (unpaired) electrons. The molecular weight excluding hydrogens is 250 g/mol. The molecule has 1 fully saturated rings. The molecule has 0 saturated heterocycles. The summed E-state index contributed by atoms with van der Waals surface area (Å²) in [5.74, 6) is 0.105. The third-order valence-electron chi connectivity index (χ3n) is 4.02. The van der Waals surface area contributed by atoms with Gasteiger partial charge < -0.3 is 10.6 Å². The Morgan fingerprint density at radius 3 is 2.60 bits per heavy atom. The Balaban J connectivity index is 1.98. The zero-order chi connectivity index (χ0) is 14.5. The first-order valence-corrected chi connectivity index (χ1v) is 7.11. The molecule has 4 heteroatoms. The van der Waals surface area contributed by atoms with Crippen LogP contribution in [0.4, 0.5) is 0 Å². The summed E-state index contributed by atoms with van der Waals surface area (Å²) in [6, 6.07) is 9.43. The minimum atomic E-state index is -0.0351. The summed E-state index contributed by atoms with van der Waals surface area (Å²) in [5, 5.41) is 8.77. The lowest BCUT2D eigenvalue weighted by molar-refractivity contribution is -0.136. The van der Waals surface area contributed by atoms with Crippen molar-refractivity contribution in [3.05, 3.63) is 35.4 Å². The summed E-state index contributed by atoms with van der Waals surface area (Å²) >= 11 is 0. The smallest absolute Gasteiger partial charge is 0.227 e. The Morgan fingerprint density at radius 2 is 2.00 bits per heavy atom. The summed E-state index contributed by atoms with van der Waals surface area (Å²) in [5.41, 5.74) is 7.73. The van der Waals surface area contributed by atoms with Crippen molar-refractivity contribution in [1.29, 1.82) is 5.26 Å². The lowest BCUT2D eigenvalue weighted by Crippen LogP contribution is -2.44. The van der Waals surface area contributed by atoms with Crippen LogP contribution in [-0.2, 0) is 11.3 Å². The van der Waals surface area contributed by atoms with Gasteiger partial charge in [0.05, 0.1) is 17.6 Å². The van der Waals surface area contributed by atoms with Crippen LogP contribution in [0.25, 0.3) is 0 Å². The molecule has 0 heterocycles. The van der Waals surface area contributed by atoms with Crippen LogP contribution >= 0.6 is 0 Å². The van der Waals surface area contributed by atoms with Crippen molar-refractivity contribution < 1.29 is 4.79 Å². The van der Waals surface area contributed by atoms with Gasteiger partial charge in [0.25, 0.3) is 0 Å². The van der Waals surface area contributed by atoms with E-state index in [0.717, 1.165) is 31.2 Å². The first kappa shape index (κ1) is 14.5. The van der Waals surface area contributed by atoms with E-state index in [4.69, 9.17) is 11.0 Å². The SMILES string of the molecule is CN(Cc1ccc(C#N)cc1)C(=O)C1CCCCC1N. The maximum atomic E-state index is 12.4. The number of nitriles is 1. The largest absolute Gasteiger partial charge is 0.341 e. The highest BCUT2D eigenvalue weighted by molar-refractivity contribution is 5.79. The van der Waals surface area contributed by atoms with Gasteiger partial charge in [-0.2, -0.15) is 5.26 Å². The van der Waals surface area contributed by atoms with Gasteiger partial charge in [-0.05, 0) is 30.5 Å². The van der Waals surface area contributed by atoms with Gasteiger partial charge in [-0.3, -0.25) is 4.79 Å².